The van der Waals surface area contributed by atoms with E-state index in [2.05, 4.69) is 11.6 Å². The highest BCUT2D eigenvalue weighted by molar-refractivity contribution is 8.00. The third-order valence-corrected chi connectivity index (χ3v) is 5.64. The fourth-order valence-corrected chi connectivity index (χ4v) is 3.68. The van der Waals surface area contributed by atoms with Crippen LogP contribution in [-0.4, -0.2) is 52.6 Å². The minimum Gasteiger partial charge on any atom is -0.480 e. The quantitative estimate of drug-likeness (QED) is 0.791. The van der Waals surface area contributed by atoms with Crippen molar-refractivity contribution in [2.75, 3.05) is 19.8 Å². The number of carboxylic acid groups (broad SMARTS) is 1. The van der Waals surface area contributed by atoms with E-state index in [9.17, 15) is 9.59 Å². The summed E-state index contributed by atoms with van der Waals surface area (Å²) in [5.74, 6) is -0.956. The molecule has 1 atom stereocenters. The summed E-state index contributed by atoms with van der Waals surface area (Å²) in [6.07, 6.45) is 8.43. The van der Waals surface area contributed by atoms with E-state index >= 15 is 0 Å². The minimum absolute atomic E-state index is 0.125. The molecule has 2 N–H and O–H groups in total. The number of urea groups is 1. The van der Waals surface area contributed by atoms with Crippen LogP contribution in [0.5, 0.6) is 0 Å². The Labute approximate surface area is 125 Å². The second-order valence-electron chi connectivity index (χ2n) is 5.48. The van der Waals surface area contributed by atoms with Crippen molar-refractivity contribution in [2.45, 2.75) is 56.2 Å². The van der Waals surface area contributed by atoms with Crippen LogP contribution in [0.4, 0.5) is 4.79 Å². The highest BCUT2D eigenvalue weighted by Crippen LogP contribution is 2.37. The van der Waals surface area contributed by atoms with E-state index in [-0.39, 0.29) is 10.8 Å². The third-order valence-electron chi connectivity index (χ3n) is 4.22. The molecule has 0 heterocycles. The lowest BCUT2D eigenvalue weighted by molar-refractivity contribution is -0.141. The number of nitrogens with zero attached hydrogens (tertiary/aromatic N) is 1. The zero-order valence-electron chi connectivity index (χ0n) is 12.6. The molecule has 1 aliphatic carbocycles. The molecule has 1 aliphatic rings. The van der Waals surface area contributed by atoms with Gasteiger partial charge in [-0.2, -0.15) is 11.8 Å². The summed E-state index contributed by atoms with van der Waals surface area (Å²) < 4.78 is 0.125. The molecule has 0 radical (unpaired) electrons. The number of rotatable bonds is 6. The van der Waals surface area contributed by atoms with Gasteiger partial charge in [-0.3, -0.25) is 0 Å². The Kier molecular flexibility index (Phi) is 6.65. The van der Waals surface area contributed by atoms with Crippen LogP contribution in [0.3, 0.4) is 0 Å². The smallest absolute Gasteiger partial charge is 0.326 e. The molecular weight excluding hydrogens is 276 g/mol. The number of carbonyl (C=O) groups is 2. The summed E-state index contributed by atoms with van der Waals surface area (Å²) in [7, 11) is 1.55. The predicted octanol–water partition coefficient (Wildman–Crippen LogP) is 2.56. The zero-order valence-corrected chi connectivity index (χ0v) is 13.5. The van der Waals surface area contributed by atoms with E-state index in [0.717, 1.165) is 12.8 Å². The molecule has 116 valence electrons. The van der Waals surface area contributed by atoms with Crippen LogP contribution in [0.15, 0.2) is 0 Å². The normalized spacial score (nSPS) is 19.1. The summed E-state index contributed by atoms with van der Waals surface area (Å²) in [5, 5.41) is 12.0. The van der Waals surface area contributed by atoms with Gasteiger partial charge in [-0.1, -0.05) is 26.2 Å². The lowest BCUT2D eigenvalue weighted by Crippen LogP contribution is -2.50. The molecule has 6 heteroatoms. The molecule has 2 amide bonds. The van der Waals surface area contributed by atoms with E-state index in [1.807, 2.05) is 11.8 Å². The number of carbonyl (C=O) groups excluding carboxylic acids is 1. The van der Waals surface area contributed by atoms with Crippen molar-refractivity contribution in [1.82, 2.24) is 10.2 Å². The summed E-state index contributed by atoms with van der Waals surface area (Å²) >= 11 is 1.82. The number of amides is 2. The molecule has 0 aromatic carbocycles. The lowest BCUT2D eigenvalue weighted by atomic mass is 9.88. The molecule has 1 saturated carbocycles. The Bertz CT molecular complexity index is 343. The molecule has 0 saturated heterocycles. The molecule has 0 spiro atoms. The SMILES string of the molecule is CCC(C(=O)O)N(C)C(=O)NCC1(SC)CCCCC1. The number of hydrogen-bond acceptors (Lipinski definition) is 3. The monoisotopic (exact) mass is 302 g/mol. The fourth-order valence-electron chi connectivity index (χ4n) is 2.77. The maximum Gasteiger partial charge on any atom is 0.326 e. The average Bonchev–Trinajstić information content (AvgIpc) is 2.46. The predicted molar refractivity (Wildman–Crippen MR) is 82.2 cm³/mol. The van der Waals surface area contributed by atoms with Crippen molar-refractivity contribution < 1.29 is 14.7 Å². The van der Waals surface area contributed by atoms with Gasteiger partial charge in [0.15, 0.2) is 0 Å². The standard InChI is InChI=1S/C14H26N2O3S/c1-4-11(12(17)18)16(2)13(19)15-10-14(20-3)8-6-5-7-9-14/h11H,4-10H2,1-3H3,(H,15,19)(H,17,18). The Hall–Kier alpha value is -0.910. The van der Waals surface area contributed by atoms with Crippen LogP contribution >= 0.6 is 11.8 Å². The largest absolute Gasteiger partial charge is 0.480 e. The molecule has 1 unspecified atom stereocenters. The first-order valence-electron chi connectivity index (χ1n) is 7.24. The molecule has 1 fully saturated rings. The van der Waals surface area contributed by atoms with Gasteiger partial charge < -0.3 is 15.3 Å². The van der Waals surface area contributed by atoms with Crippen LogP contribution in [0.25, 0.3) is 0 Å². The number of carboxylic acids is 1. The molecular formula is C14H26N2O3S. The lowest BCUT2D eigenvalue weighted by Gasteiger charge is -2.36. The van der Waals surface area contributed by atoms with Crippen LogP contribution in [-0.2, 0) is 4.79 Å². The van der Waals surface area contributed by atoms with Gasteiger partial charge in [-0.25, -0.2) is 9.59 Å². The first-order valence-corrected chi connectivity index (χ1v) is 8.47. The van der Waals surface area contributed by atoms with Crippen molar-refractivity contribution in [3.05, 3.63) is 0 Å². The number of thioether (sulfide) groups is 1. The first kappa shape index (κ1) is 17.1. The van der Waals surface area contributed by atoms with Crippen molar-refractivity contribution in [1.29, 1.82) is 0 Å². The van der Waals surface area contributed by atoms with Crippen LogP contribution in [0, 0.1) is 0 Å². The van der Waals surface area contributed by atoms with Gasteiger partial charge in [0.05, 0.1) is 0 Å². The van der Waals surface area contributed by atoms with Gasteiger partial charge in [0.25, 0.3) is 0 Å². The van der Waals surface area contributed by atoms with Crippen molar-refractivity contribution in [3.63, 3.8) is 0 Å². The summed E-state index contributed by atoms with van der Waals surface area (Å²) in [6, 6.07) is -1.05. The van der Waals surface area contributed by atoms with E-state index in [1.165, 1.54) is 24.2 Å². The second kappa shape index (κ2) is 7.76. The van der Waals surface area contributed by atoms with Crippen molar-refractivity contribution >= 4 is 23.8 Å². The Morgan fingerprint density at radius 1 is 1.35 bits per heavy atom. The number of nitrogens with one attached hydrogen (secondary N) is 1. The van der Waals surface area contributed by atoms with E-state index in [0.29, 0.717) is 13.0 Å². The molecule has 0 aromatic heterocycles. The summed E-state index contributed by atoms with van der Waals surface area (Å²) in [5.41, 5.74) is 0. The van der Waals surface area contributed by atoms with Gasteiger partial charge in [0.1, 0.15) is 6.04 Å². The van der Waals surface area contributed by atoms with Gasteiger partial charge in [-0.05, 0) is 25.5 Å². The molecule has 0 aliphatic heterocycles. The molecule has 0 aromatic rings. The third kappa shape index (κ3) is 4.30. The maximum absolute atomic E-state index is 12.1. The summed E-state index contributed by atoms with van der Waals surface area (Å²) in [6.45, 7) is 2.39. The van der Waals surface area contributed by atoms with Crippen molar-refractivity contribution in [3.8, 4) is 0 Å². The minimum atomic E-state index is -0.956. The second-order valence-corrected chi connectivity index (χ2v) is 6.75. The molecule has 5 nitrogen and oxygen atoms in total. The Morgan fingerprint density at radius 3 is 2.40 bits per heavy atom. The average molecular weight is 302 g/mol. The highest BCUT2D eigenvalue weighted by Gasteiger charge is 2.32. The molecule has 20 heavy (non-hydrogen) atoms. The maximum atomic E-state index is 12.1. The molecule has 1 rings (SSSR count). The van der Waals surface area contributed by atoms with Gasteiger partial charge in [0, 0.05) is 18.3 Å². The van der Waals surface area contributed by atoms with Crippen LogP contribution in [0.1, 0.15) is 45.4 Å². The first-order chi connectivity index (χ1) is 9.45. The van der Waals surface area contributed by atoms with Gasteiger partial charge >= 0.3 is 12.0 Å². The Balaban J connectivity index is 2.54. The number of aliphatic carboxylic acids is 1. The number of likely N-dealkylation sites (N-methyl/N-ethyl adjacent to an activating group) is 1. The van der Waals surface area contributed by atoms with E-state index in [1.54, 1.807) is 14.0 Å². The van der Waals surface area contributed by atoms with E-state index < -0.39 is 12.0 Å². The fraction of sp³-hybridized carbons (Fsp3) is 0.857. The van der Waals surface area contributed by atoms with Gasteiger partial charge in [-0.15, -0.1) is 0 Å². The highest BCUT2D eigenvalue weighted by atomic mass is 32.2. The van der Waals surface area contributed by atoms with E-state index in [4.69, 9.17) is 5.11 Å². The Morgan fingerprint density at radius 2 is 1.95 bits per heavy atom. The molecule has 0 bridgehead atoms. The van der Waals surface area contributed by atoms with Crippen LogP contribution < -0.4 is 5.32 Å². The topological polar surface area (TPSA) is 69.6 Å². The number of hydrogen-bond donors (Lipinski definition) is 2. The van der Waals surface area contributed by atoms with Crippen LogP contribution in [0.2, 0.25) is 0 Å². The van der Waals surface area contributed by atoms with Crippen molar-refractivity contribution in [2.24, 2.45) is 0 Å². The summed E-state index contributed by atoms with van der Waals surface area (Å²) in [4.78, 5) is 24.5. The zero-order chi connectivity index (χ0) is 15.2. The van der Waals surface area contributed by atoms with Gasteiger partial charge in [0.2, 0.25) is 0 Å².